The Morgan fingerprint density at radius 2 is 2.26 bits per heavy atom. The van der Waals surface area contributed by atoms with Crippen LogP contribution in [-0.4, -0.2) is 34.3 Å². The fourth-order valence-electron chi connectivity index (χ4n) is 2.18. The maximum absolute atomic E-state index is 6.03. The third-order valence-corrected chi connectivity index (χ3v) is 3.79. The summed E-state index contributed by atoms with van der Waals surface area (Å²) >= 11 is 9.45. The van der Waals surface area contributed by atoms with Gasteiger partial charge in [-0.2, -0.15) is 4.98 Å². The Bertz CT molecular complexity index is 579. The molecule has 1 aliphatic rings. The molecule has 0 saturated carbocycles. The summed E-state index contributed by atoms with van der Waals surface area (Å²) in [5.74, 6) is 1.40. The topological polar surface area (TPSA) is 70.8 Å². The highest BCUT2D eigenvalue weighted by Gasteiger charge is 2.22. The van der Waals surface area contributed by atoms with E-state index in [-0.39, 0.29) is 6.04 Å². The van der Waals surface area contributed by atoms with Crippen molar-refractivity contribution in [3.8, 4) is 11.4 Å². The number of rotatable bonds is 2. The minimum absolute atomic E-state index is 0.210. The van der Waals surface area contributed by atoms with E-state index in [2.05, 4.69) is 36.0 Å². The normalized spacial score (nSPS) is 19.1. The van der Waals surface area contributed by atoms with Crippen LogP contribution in [0.15, 0.2) is 22.7 Å². The standard InChI is InChI=1S/C12H13BrClN5/c13-8-3-7(4-9(14)5-8)11-16-12(18-17-11)19-2-1-10(15)6-19/h3-5,10H,1-2,6,15H2,(H,16,17,18). The lowest BCUT2D eigenvalue weighted by Crippen LogP contribution is -2.26. The molecule has 1 unspecified atom stereocenters. The Morgan fingerprint density at radius 3 is 2.95 bits per heavy atom. The van der Waals surface area contributed by atoms with Gasteiger partial charge in [0.25, 0.3) is 0 Å². The maximum atomic E-state index is 6.03. The van der Waals surface area contributed by atoms with Gasteiger partial charge in [0.05, 0.1) is 0 Å². The molecule has 5 nitrogen and oxygen atoms in total. The SMILES string of the molecule is NC1CCN(c2n[nH]c(-c3cc(Cl)cc(Br)c3)n2)C1. The highest BCUT2D eigenvalue weighted by atomic mass is 79.9. The molecule has 0 bridgehead atoms. The molecule has 1 saturated heterocycles. The molecule has 1 aromatic carbocycles. The molecule has 7 heteroatoms. The van der Waals surface area contributed by atoms with Crippen molar-refractivity contribution in [3.63, 3.8) is 0 Å². The van der Waals surface area contributed by atoms with E-state index in [0.717, 1.165) is 29.5 Å². The summed E-state index contributed by atoms with van der Waals surface area (Å²) in [4.78, 5) is 6.59. The molecule has 3 N–H and O–H groups in total. The van der Waals surface area contributed by atoms with E-state index >= 15 is 0 Å². The largest absolute Gasteiger partial charge is 0.338 e. The number of hydrogen-bond donors (Lipinski definition) is 2. The van der Waals surface area contributed by atoms with Gasteiger partial charge in [0.1, 0.15) is 0 Å². The Hall–Kier alpha value is -1.11. The minimum Gasteiger partial charge on any atom is -0.338 e. The first-order valence-electron chi connectivity index (χ1n) is 6.01. The molecule has 1 atom stereocenters. The molecule has 0 aliphatic carbocycles. The zero-order valence-corrected chi connectivity index (χ0v) is 12.4. The van der Waals surface area contributed by atoms with Gasteiger partial charge in [-0.3, -0.25) is 5.10 Å². The zero-order valence-electron chi connectivity index (χ0n) is 10.1. The van der Waals surface area contributed by atoms with Gasteiger partial charge in [0.15, 0.2) is 5.82 Å². The quantitative estimate of drug-likeness (QED) is 0.879. The number of halogens is 2. The molecule has 0 radical (unpaired) electrons. The summed E-state index contributed by atoms with van der Waals surface area (Å²) in [6, 6.07) is 5.85. The number of aromatic amines is 1. The van der Waals surface area contributed by atoms with Gasteiger partial charge in [-0.15, -0.1) is 5.10 Å². The Balaban J connectivity index is 1.88. The van der Waals surface area contributed by atoms with E-state index in [0.29, 0.717) is 16.8 Å². The van der Waals surface area contributed by atoms with Gasteiger partial charge in [-0.05, 0) is 24.6 Å². The van der Waals surface area contributed by atoms with Crippen LogP contribution in [0.5, 0.6) is 0 Å². The van der Waals surface area contributed by atoms with Gasteiger partial charge in [0, 0.05) is 34.2 Å². The first-order chi connectivity index (χ1) is 9.11. The zero-order chi connectivity index (χ0) is 13.4. The lowest BCUT2D eigenvalue weighted by Gasteiger charge is -2.11. The van der Waals surface area contributed by atoms with Crippen LogP contribution in [0.1, 0.15) is 6.42 Å². The number of hydrogen-bond acceptors (Lipinski definition) is 4. The van der Waals surface area contributed by atoms with Crippen LogP contribution in [0.25, 0.3) is 11.4 Å². The molecule has 19 heavy (non-hydrogen) atoms. The summed E-state index contributed by atoms with van der Waals surface area (Å²) in [5, 5.41) is 7.85. The summed E-state index contributed by atoms with van der Waals surface area (Å²) in [7, 11) is 0. The summed E-state index contributed by atoms with van der Waals surface area (Å²) in [6.07, 6.45) is 0.979. The van der Waals surface area contributed by atoms with Crippen molar-refractivity contribution in [2.45, 2.75) is 12.5 Å². The van der Waals surface area contributed by atoms with Crippen molar-refractivity contribution in [2.75, 3.05) is 18.0 Å². The molecular formula is C12H13BrClN5. The average Bonchev–Trinajstić information content (AvgIpc) is 2.95. The smallest absolute Gasteiger partial charge is 0.245 e. The highest BCUT2D eigenvalue weighted by molar-refractivity contribution is 9.10. The molecule has 0 spiro atoms. The molecular weight excluding hydrogens is 330 g/mol. The maximum Gasteiger partial charge on any atom is 0.245 e. The Kier molecular flexibility index (Phi) is 3.47. The van der Waals surface area contributed by atoms with Crippen LogP contribution in [0.3, 0.4) is 0 Å². The van der Waals surface area contributed by atoms with Crippen LogP contribution < -0.4 is 10.6 Å². The van der Waals surface area contributed by atoms with Crippen LogP contribution in [-0.2, 0) is 0 Å². The van der Waals surface area contributed by atoms with E-state index in [1.54, 1.807) is 0 Å². The number of benzene rings is 1. The molecule has 1 aliphatic heterocycles. The lowest BCUT2D eigenvalue weighted by atomic mass is 10.2. The number of anilines is 1. The van der Waals surface area contributed by atoms with Gasteiger partial charge in [-0.1, -0.05) is 27.5 Å². The van der Waals surface area contributed by atoms with Crippen molar-refractivity contribution >= 4 is 33.5 Å². The molecule has 1 fully saturated rings. The number of nitrogens with two attached hydrogens (primary N) is 1. The van der Waals surface area contributed by atoms with Gasteiger partial charge >= 0.3 is 0 Å². The molecule has 100 valence electrons. The first kappa shape index (κ1) is 12.9. The van der Waals surface area contributed by atoms with Crippen molar-refractivity contribution in [2.24, 2.45) is 5.73 Å². The van der Waals surface area contributed by atoms with Crippen LogP contribution >= 0.6 is 27.5 Å². The Morgan fingerprint density at radius 1 is 1.42 bits per heavy atom. The van der Waals surface area contributed by atoms with Crippen molar-refractivity contribution < 1.29 is 0 Å². The van der Waals surface area contributed by atoms with Gasteiger partial charge in [0.2, 0.25) is 5.95 Å². The summed E-state index contributed by atoms with van der Waals surface area (Å²) in [5.41, 5.74) is 6.79. The monoisotopic (exact) mass is 341 g/mol. The Labute approximate surface area is 124 Å². The molecule has 1 aromatic heterocycles. The number of aromatic nitrogens is 3. The molecule has 2 heterocycles. The summed E-state index contributed by atoms with van der Waals surface area (Å²) in [6.45, 7) is 1.70. The van der Waals surface area contributed by atoms with Crippen molar-refractivity contribution in [1.82, 2.24) is 15.2 Å². The van der Waals surface area contributed by atoms with Crippen LogP contribution in [0.2, 0.25) is 5.02 Å². The van der Waals surface area contributed by atoms with Crippen molar-refractivity contribution in [3.05, 3.63) is 27.7 Å². The second-order valence-corrected chi connectivity index (χ2v) is 5.99. The second-order valence-electron chi connectivity index (χ2n) is 4.64. The predicted molar refractivity (Wildman–Crippen MR) is 79.3 cm³/mol. The van der Waals surface area contributed by atoms with Gasteiger partial charge in [-0.25, -0.2) is 0 Å². The fourth-order valence-corrected chi connectivity index (χ4v) is 3.04. The van der Waals surface area contributed by atoms with Gasteiger partial charge < -0.3 is 10.6 Å². The average molecular weight is 343 g/mol. The predicted octanol–water partition coefficient (Wildman–Crippen LogP) is 2.42. The van der Waals surface area contributed by atoms with E-state index in [1.807, 2.05) is 18.2 Å². The van der Waals surface area contributed by atoms with E-state index in [9.17, 15) is 0 Å². The molecule has 2 aromatic rings. The first-order valence-corrected chi connectivity index (χ1v) is 7.18. The van der Waals surface area contributed by atoms with E-state index < -0.39 is 0 Å². The number of H-pyrrole nitrogens is 1. The van der Waals surface area contributed by atoms with E-state index in [1.165, 1.54) is 0 Å². The molecule has 0 amide bonds. The third-order valence-electron chi connectivity index (χ3n) is 3.12. The van der Waals surface area contributed by atoms with Crippen LogP contribution in [0, 0.1) is 0 Å². The number of nitrogens with zero attached hydrogens (tertiary/aromatic N) is 3. The summed E-state index contributed by atoms with van der Waals surface area (Å²) < 4.78 is 0.913. The van der Waals surface area contributed by atoms with Crippen molar-refractivity contribution in [1.29, 1.82) is 0 Å². The molecule has 3 rings (SSSR count). The lowest BCUT2D eigenvalue weighted by molar-refractivity contribution is 0.750. The fraction of sp³-hybridized carbons (Fsp3) is 0.333. The highest BCUT2D eigenvalue weighted by Crippen LogP contribution is 2.26. The van der Waals surface area contributed by atoms with Crippen LogP contribution in [0.4, 0.5) is 5.95 Å². The second kappa shape index (κ2) is 5.11. The number of nitrogens with one attached hydrogen (secondary N) is 1. The van der Waals surface area contributed by atoms with E-state index in [4.69, 9.17) is 17.3 Å². The third kappa shape index (κ3) is 2.75. The minimum atomic E-state index is 0.210.